The van der Waals surface area contributed by atoms with Crippen molar-refractivity contribution >= 4 is 11.6 Å². The summed E-state index contributed by atoms with van der Waals surface area (Å²) in [5.41, 5.74) is 2.63. The number of nitrogens with zero attached hydrogens (tertiary/aromatic N) is 1. The predicted octanol–water partition coefficient (Wildman–Crippen LogP) is 3.69. The van der Waals surface area contributed by atoms with Crippen LogP contribution in [0, 0.1) is 0 Å². The maximum absolute atomic E-state index is 12.9. The molecule has 1 aliphatic heterocycles. The molecule has 1 heterocycles. The average molecular weight is 325 g/mol. The van der Waals surface area contributed by atoms with E-state index in [1.807, 2.05) is 48.5 Å². The van der Waals surface area contributed by atoms with Gasteiger partial charge in [0.25, 0.3) is 5.91 Å². The molecule has 1 fully saturated rings. The molecule has 126 valence electrons. The summed E-state index contributed by atoms with van der Waals surface area (Å²) in [6, 6.07) is 15.5. The maximum atomic E-state index is 12.9. The standard InChI is InChI=1S/C20H23NO3/c1-3-7-15-10-11-18(19(12-15)24-14-17-13-23-17)20(22)21(2)16-8-5-4-6-9-16/h4-6,8-12,17H,3,7,13-14H2,1-2H3. The Kier molecular flexibility index (Phi) is 5.16. The summed E-state index contributed by atoms with van der Waals surface area (Å²) in [7, 11) is 1.78. The molecule has 0 aromatic heterocycles. The van der Waals surface area contributed by atoms with E-state index in [0.717, 1.165) is 25.1 Å². The fourth-order valence-corrected chi connectivity index (χ4v) is 2.60. The quantitative estimate of drug-likeness (QED) is 0.729. The van der Waals surface area contributed by atoms with Crippen LogP contribution < -0.4 is 9.64 Å². The highest BCUT2D eigenvalue weighted by atomic mass is 16.6. The number of epoxide rings is 1. The molecule has 4 nitrogen and oxygen atoms in total. The lowest BCUT2D eigenvalue weighted by atomic mass is 10.1. The summed E-state index contributed by atoms with van der Waals surface area (Å²) in [5, 5.41) is 0. The van der Waals surface area contributed by atoms with Crippen molar-refractivity contribution in [1.82, 2.24) is 0 Å². The van der Waals surface area contributed by atoms with Gasteiger partial charge in [-0.05, 0) is 36.2 Å². The molecule has 3 rings (SSSR count). The molecule has 0 saturated carbocycles. The Labute approximate surface area is 143 Å². The van der Waals surface area contributed by atoms with E-state index in [4.69, 9.17) is 9.47 Å². The highest BCUT2D eigenvalue weighted by Gasteiger charge is 2.25. The van der Waals surface area contributed by atoms with Crippen LogP contribution in [0.3, 0.4) is 0 Å². The Morgan fingerprint density at radius 2 is 2.00 bits per heavy atom. The van der Waals surface area contributed by atoms with E-state index >= 15 is 0 Å². The van der Waals surface area contributed by atoms with Gasteiger partial charge in [-0.3, -0.25) is 4.79 Å². The number of amides is 1. The van der Waals surface area contributed by atoms with E-state index in [2.05, 4.69) is 6.92 Å². The third kappa shape index (κ3) is 3.95. The smallest absolute Gasteiger partial charge is 0.261 e. The number of carbonyl (C=O) groups excluding carboxylic acids is 1. The molecule has 0 spiro atoms. The normalized spacial score (nSPS) is 15.8. The van der Waals surface area contributed by atoms with Crippen molar-refractivity contribution < 1.29 is 14.3 Å². The summed E-state index contributed by atoms with van der Waals surface area (Å²) in [6.07, 6.45) is 2.19. The Morgan fingerprint density at radius 3 is 2.67 bits per heavy atom. The molecule has 1 unspecified atom stereocenters. The largest absolute Gasteiger partial charge is 0.490 e. The number of benzene rings is 2. The fraction of sp³-hybridized carbons (Fsp3) is 0.350. The number of carbonyl (C=O) groups is 1. The fourth-order valence-electron chi connectivity index (χ4n) is 2.60. The highest BCUT2D eigenvalue weighted by molar-refractivity contribution is 6.07. The van der Waals surface area contributed by atoms with Crippen LogP contribution in [0.2, 0.25) is 0 Å². The first-order chi connectivity index (χ1) is 11.7. The zero-order chi connectivity index (χ0) is 16.9. The van der Waals surface area contributed by atoms with E-state index in [0.29, 0.717) is 17.9 Å². The molecular weight excluding hydrogens is 302 g/mol. The molecule has 24 heavy (non-hydrogen) atoms. The number of hydrogen-bond donors (Lipinski definition) is 0. The van der Waals surface area contributed by atoms with Gasteiger partial charge in [0.1, 0.15) is 18.5 Å². The van der Waals surface area contributed by atoms with Crippen LogP contribution in [-0.2, 0) is 11.2 Å². The van der Waals surface area contributed by atoms with Gasteiger partial charge in [0.2, 0.25) is 0 Å². The van der Waals surface area contributed by atoms with Gasteiger partial charge in [-0.1, -0.05) is 37.6 Å². The minimum atomic E-state index is -0.0732. The number of aryl methyl sites for hydroxylation is 1. The van der Waals surface area contributed by atoms with Crippen molar-refractivity contribution in [2.24, 2.45) is 0 Å². The lowest BCUT2D eigenvalue weighted by molar-refractivity contribution is 0.0988. The van der Waals surface area contributed by atoms with Crippen LogP contribution in [0.5, 0.6) is 5.75 Å². The number of rotatable bonds is 7. The third-order valence-corrected chi connectivity index (χ3v) is 4.09. The van der Waals surface area contributed by atoms with Crippen LogP contribution >= 0.6 is 0 Å². The summed E-state index contributed by atoms with van der Waals surface area (Å²) in [4.78, 5) is 14.6. The van der Waals surface area contributed by atoms with Crippen molar-refractivity contribution in [3.05, 3.63) is 59.7 Å². The van der Waals surface area contributed by atoms with Crippen LogP contribution in [0.4, 0.5) is 5.69 Å². The monoisotopic (exact) mass is 325 g/mol. The second-order valence-corrected chi connectivity index (χ2v) is 6.05. The van der Waals surface area contributed by atoms with Crippen LogP contribution in [0.15, 0.2) is 48.5 Å². The van der Waals surface area contributed by atoms with Gasteiger partial charge in [-0.2, -0.15) is 0 Å². The Balaban J connectivity index is 1.85. The number of para-hydroxylation sites is 1. The molecule has 0 radical (unpaired) electrons. The first kappa shape index (κ1) is 16.5. The van der Waals surface area contributed by atoms with E-state index in [-0.39, 0.29) is 12.0 Å². The van der Waals surface area contributed by atoms with Crippen molar-refractivity contribution in [1.29, 1.82) is 0 Å². The molecule has 1 aliphatic rings. The Bertz CT molecular complexity index is 695. The molecule has 0 N–H and O–H groups in total. The highest BCUT2D eigenvalue weighted by Crippen LogP contribution is 2.26. The van der Waals surface area contributed by atoms with Crippen LogP contribution in [0.25, 0.3) is 0 Å². The van der Waals surface area contributed by atoms with Gasteiger partial charge in [0.15, 0.2) is 0 Å². The van der Waals surface area contributed by atoms with Gasteiger partial charge in [-0.15, -0.1) is 0 Å². The van der Waals surface area contributed by atoms with Crippen molar-refractivity contribution in [2.45, 2.75) is 25.9 Å². The van der Waals surface area contributed by atoms with Gasteiger partial charge >= 0.3 is 0 Å². The molecule has 0 aliphatic carbocycles. The molecule has 1 saturated heterocycles. The van der Waals surface area contributed by atoms with Gasteiger partial charge in [0, 0.05) is 12.7 Å². The molecule has 4 heteroatoms. The second-order valence-electron chi connectivity index (χ2n) is 6.05. The summed E-state index contributed by atoms with van der Waals surface area (Å²) < 4.78 is 11.1. The first-order valence-corrected chi connectivity index (χ1v) is 8.39. The first-order valence-electron chi connectivity index (χ1n) is 8.39. The topological polar surface area (TPSA) is 42.1 Å². The van der Waals surface area contributed by atoms with E-state index in [9.17, 15) is 4.79 Å². The van der Waals surface area contributed by atoms with E-state index in [1.165, 1.54) is 5.56 Å². The lowest BCUT2D eigenvalue weighted by Gasteiger charge is -2.20. The second kappa shape index (κ2) is 7.49. The minimum Gasteiger partial charge on any atom is -0.490 e. The molecule has 1 amide bonds. The van der Waals surface area contributed by atoms with Crippen molar-refractivity contribution in [3.8, 4) is 5.75 Å². The number of ether oxygens (including phenoxy) is 2. The van der Waals surface area contributed by atoms with Gasteiger partial charge < -0.3 is 14.4 Å². The summed E-state index contributed by atoms with van der Waals surface area (Å²) in [5.74, 6) is 0.570. The van der Waals surface area contributed by atoms with Crippen molar-refractivity contribution in [3.63, 3.8) is 0 Å². The van der Waals surface area contributed by atoms with Crippen LogP contribution in [0.1, 0.15) is 29.3 Å². The van der Waals surface area contributed by atoms with E-state index < -0.39 is 0 Å². The number of hydrogen-bond acceptors (Lipinski definition) is 3. The average Bonchev–Trinajstić information content (AvgIpc) is 3.44. The SMILES string of the molecule is CCCc1ccc(C(=O)N(C)c2ccccc2)c(OCC2CO2)c1. The third-order valence-electron chi connectivity index (χ3n) is 4.09. The van der Waals surface area contributed by atoms with Crippen LogP contribution in [-0.4, -0.2) is 32.3 Å². The lowest BCUT2D eigenvalue weighted by Crippen LogP contribution is -2.27. The van der Waals surface area contributed by atoms with Gasteiger partial charge in [-0.25, -0.2) is 0 Å². The van der Waals surface area contributed by atoms with Crippen molar-refractivity contribution in [2.75, 3.05) is 25.2 Å². The molecule has 2 aromatic carbocycles. The zero-order valence-electron chi connectivity index (χ0n) is 14.2. The molecular formula is C20H23NO3. The Hall–Kier alpha value is -2.33. The van der Waals surface area contributed by atoms with Gasteiger partial charge in [0.05, 0.1) is 12.2 Å². The van der Waals surface area contributed by atoms with E-state index in [1.54, 1.807) is 11.9 Å². The maximum Gasteiger partial charge on any atom is 0.261 e. The molecule has 1 atom stereocenters. The summed E-state index contributed by atoms with van der Waals surface area (Å²) in [6.45, 7) is 3.37. The zero-order valence-corrected chi connectivity index (χ0v) is 14.2. The number of anilines is 1. The molecule has 2 aromatic rings. The predicted molar refractivity (Wildman–Crippen MR) is 94.8 cm³/mol. The summed E-state index contributed by atoms with van der Waals surface area (Å²) >= 11 is 0. The Morgan fingerprint density at radius 1 is 1.25 bits per heavy atom. The minimum absolute atomic E-state index is 0.0732. The molecule has 0 bridgehead atoms.